The van der Waals surface area contributed by atoms with Gasteiger partial charge < -0.3 is 30.8 Å². The highest BCUT2D eigenvalue weighted by molar-refractivity contribution is 7.96. The number of aliphatic hydroxyl groups excluding tert-OH is 5. The first-order valence-corrected chi connectivity index (χ1v) is 5.08. The van der Waals surface area contributed by atoms with Crippen molar-refractivity contribution in [2.45, 2.75) is 24.4 Å². The van der Waals surface area contributed by atoms with Crippen molar-refractivity contribution in [2.24, 2.45) is 0 Å². The zero-order chi connectivity index (χ0) is 13.6. The number of amides is 1. The number of carbonyl (C=O) groups is 2. The summed E-state index contributed by atoms with van der Waals surface area (Å²) in [4.78, 5) is 21.6. The lowest BCUT2D eigenvalue weighted by atomic mass is 10.0. The van der Waals surface area contributed by atoms with Gasteiger partial charge >= 0.3 is 0 Å². The summed E-state index contributed by atoms with van der Waals surface area (Å²) in [6, 6.07) is 0. The first kappa shape index (κ1) is 16.3. The van der Waals surface area contributed by atoms with Crippen LogP contribution in [-0.2, 0) is 9.59 Å². The second kappa shape index (κ2) is 7.58. The van der Waals surface area contributed by atoms with E-state index in [-0.39, 0.29) is 0 Å². The summed E-state index contributed by atoms with van der Waals surface area (Å²) in [5.74, 6) is -1.11. The predicted octanol–water partition coefficient (Wildman–Crippen LogP) is -4.01. The minimum Gasteiger partial charge on any atom is -0.394 e. The molecular formula is C8H15NO7S. The number of nitrogens with one attached hydrogen (secondary N) is 1. The van der Waals surface area contributed by atoms with E-state index >= 15 is 0 Å². The van der Waals surface area contributed by atoms with Gasteiger partial charge in [0.15, 0.2) is 6.10 Å². The van der Waals surface area contributed by atoms with Crippen molar-refractivity contribution in [2.75, 3.05) is 13.2 Å². The van der Waals surface area contributed by atoms with E-state index in [1.54, 1.807) is 0 Å². The Morgan fingerprint density at radius 3 is 2.06 bits per heavy atom. The molecule has 0 saturated carbocycles. The summed E-state index contributed by atoms with van der Waals surface area (Å²) >= 11 is 3.36. The van der Waals surface area contributed by atoms with Gasteiger partial charge in [-0.3, -0.25) is 9.59 Å². The molecule has 0 aliphatic heterocycles. The van der Waals surface area contributed by atoms with Crippen LogP contribution < -0.4 is 5.32 Å². The molecule has 0 saturated heterocycles. The van der Waals surface area contributed by atoms with Crippen LogP contribution >= 0.6 is 12.6 Å². The molecule has 6 N–H and O–H groups in total. The lowest BCUT2D eigenvalue weighted by molar-refractivity contribution is -0.149. The van der Waals surface area contributed by atoms with Gasteiger partial charge in [0.2, 0.25) is 5.12 Å². The van der Waals surface area contributed by atoms with Gasteiger partial charge in [-0.2, -0.15) is 0 Å². The maximum absolute atomic E-state index is 11.1. The highest BCUT2D eigenvalue weighted by Gasteiger charge is 2.34. The molecule has 0 aromatic carbocycles. The molecule has 0 aromatic heterocycles. The molecular weight excluding hydrogens is 254 g/mol. The Labute approximate surface area is 102 Å². The average Bonchev–Trinajstić information content (AvgIpc) is 2.31. The molecule has 8 nitrogen and oxygen atoms in total. The highest BCUT2D eigenvalue weighted by atomic mass is 32.1. The van der Waals surface area contributed by atoms with Crippen molar-refractivity contribution in [1.29, 1.82) is 0 Å². The molecule has 0 aliphatic carbocycles. The summed E-state index contributed by atoms with van der Waals surface area (Å²) in [7, 11) is 0. The summed E-state index contributed by atoms with van der Waals surface area (Å²) < 4.78 is 0. The largest absolute Gasteiger partial charge is 0.394 e. The van der Waals surface area contributed by atoms with Gasteiger partial charge in [-0.15, -0.1) is 12.6 Å². The lowest BCUT2D eigenvalue weighted by Crippen LogP contribution is -2.52. The first-order chi connectivity index (χ1) is 7.81. The quantitative estimate of drug-likeness (QED) is 0.233. The molecule has 4 atom stereocenters. The molecule has 0 fully saturated rings. The zero-order valence-electron chi connectivity index (χ0n) is 8.72. The van der Waals surface area contributed by atoms with Crippen molar-refractivity contribution in [3.05, 3.63) is 0 Å². The summed E-state index contributed by atoms with van der Waals surface area (Å²) in [6.07, 6.45) is -7.63. The van der Waals surface area contributed by atoms with Gasteiger partial charge in [-0.25, -0.2) is 0 Å². The van der Waals surface area contributed by atoms with Crippen LogP contribution in [-0.4, -0.2) is 74.1 Å². The zero-order valence-corrected chi connectivity index (χ0v) is 9.62. The lowest BCUT2D eigenvalue weighted by Gasteiger charge is -2.24. The van der Waals surface area contributed by atoms with Crippen LogP contribution in [0.1, 0.15) is 0 Å². The Morgan fingerprint density at radius 2 is 1.65 bits per heavy atom. The van der Waals surface area contributed by atoms with E-state index in [0.717, 1.165) is 0 Å². The summed E-state index contributed by atoms with van der Waals surface area (Å²) in [5.41, 5.74) is 0. The van der Waals surface area contributed by atoms with Crippen molar-refractivity contribution in [3.63, 3.8) is 0 Å². The van der Waals surface area contributed by atoms with Gasteiger partial charge in [0.25, 0.3) is 5.91 Å². The maximum Gasteiger partial charge on any atom is 0.252 e. The highest BCUT2D eigenvalue weighted by Crippen LogP contribution is 2.05. The second-order valence-electron chi connectivity index (χ2n) is 3.29. The molecule has 100 valence electrons. The Morgan fingerprint density at radius 1 is 1.12 bits per heavy atom. The summed E-state index contributed by atoms with van der Waals surface area (Å²) in [6.45, 7) is -1.30. The Kier molecular flexibility index (Phi) is 7.27. The molecule has 0 heterocycles. The van der Waals surface area contributed by atoms with Gasteiger partial charge in [0, 0.05) is 0 Å². The van der Waals surface area contributed by atoms with Crippen molar-refractivity contribution < 1.29 is 35.1 Å². The van der Waals surface area contributed by atoms with E-state index in [1.165, 1.54) is 0 Å². The van der Waals surface area contributed by atoms with Crippen LogP contribution in [0.25, 0.3) is 0 Å². The molecule has 0 spiro atoms. The minimum atomic E-state index is -2.04. The fraction of sp³-hybridized carbons (Fsp3) is 0.750. The maximum atomic E-state index is 11.1. The molecule has 1 amide bonds. The molecule has 0 unspecified atom stereocenters. The van der Waals surface area contributed by atoms with E-state index in [9.17, 15) is 24.9 Å². The van der Waals surface area contributed by atoms with Gasteiger partial charge in [0.1, 0.15) is 18.3 Å². The predicted molar refractivity (Wildman–Crippen MR) is 58.1 cm³/mol. The fourth-order valence-electron chi connectivity index (χ4n) is 0.945. The number of hydrogen-bond donors (Lipinski definition) is 7. The third-order valence-corrected chi connectivity index (χ3v) is 2.10. The van der Waals surface area contributed by atoms with Gasteiger partial charge in [0.05, 0.1) is 13.2 Å². The molecule has 17 heavy (non-hydrogen) atoms. The van der Waals surface area contributed by atoms with Gasteiger partial charge in [-0.1, -0.05) is 0 Å². The van der Waals surface area contributed by atoms with Gasteiger partial charge in [-0.05, 0) is 0 Å². The van der Waals surface area contributed by atoms with Crippen molar-refractivity contribution in [1.82, 2.24) is 5.32 Å². The van der Waals surface area contributed by atoms with E-state index in [2.05, 4.69) is 12.6 Å². The molecule has 0 aromatic rings. The number of hydrogen-bond acceptors (Lipinski definition) is 7. The third kappa shape index (κ3) is 5.44. The standard InChI is InChI=1S/C8H15NO7S/c10-2-3(11)5(13)6(14)7(15)8(16)9-1-4(12)17/h3,5-7,10-11,13-15H,1-2H2,(H,9,16)(H,12,17)/t3-,5-,6+,7-/m1/s1. The minimum absolute atomic E-state index is 0.454. The third-order valence-electron chi connectivity index (χ3n) is 1.94. The number of thiol groups is 1. The number of aliphatic hydroxyl groups is 5. The number of rotatable bonds is 7. The second-order valence-corrected chi connectivity index (χ2v) is 3.79. The van der Waals surface area contributed by atoms with Crippen LogP contribution in [0.2, 0.25) is 0 Å². The molecule has 0 bridgehead atoms. The van der Waals surface area contributed by atoms with Crippen LogP contribution in [0.4, 0.5) is 0 Å². The molecule has 0 aliphatic rings. The number of carbonyl (C=O) groups excluding carboxylic acids is 2. The Hall–Kier alpha value is -0.710. The smallest absolute Gasteiger partial charge is 0.252 e. The molecule has 9 heteroatoms. The van der Waals surface area contributed by atoms with Crippen molar-refractivity contribution >= 4 is 23.7 Å². The Bertz CT molecular complexity index is 275. The van der Waals surface area contributed by atoms with Crippen LogP contribution in [0.5, 0.6) is 0 Å². The van der Waals surface area contributed by atoms with Crippen LogP contribution in [0.3, 0.4) is 0 Å². The average molecular weight is 269 g/mol. The van der Waals surface area contributed by atoms with E-state index in [4.69, 9.17) is 10.2 Å². The van der Waals surface area contributed by atoms with Crippen molar-refractivity contribution in [3.8, 4) is 0 Å². The van der Waals surface area contributed by atoms with E-state index in [0.29, 0.717) is 0 Å². The monoisotopic (exact) mass is 269 g/mol. The summed E-state index contributed by atoms with van der Waals surface area (Å²) in [5, 5.41) is 46.5. The van der Waals surface area contributed by atoms with E-state index < -0.39 is 48.6 Å². The molecule has 0 rings (SSSR count). The van der Waals surface area contributed by atoms with Crippen LogP contribution in [0.15, 0.2) is 0 Å². The normalized spacial score (nSPS) is 18.0. The fourth-order valence-corrected chi connectivity index (χ4v) is 1.02. The molecule has 0 radical (unpaired) electrons. The first-order valence-electron chi connectivity index (χ1n) is 4.63. The topological polar surface area (TPSA) is 147 Å². The van der Waals surface area contributed by atoms with E-state index in [1.807, 2.05) is 5.32 Å². The van der Waals surface area contributed by atoms with Crippen LogP contribution in [0, 0.1) is 0 Å². The Balaban J connectivity index is 4.32. The SMILES string of the molecule is O=C(S)CNC(=O)[C@H](O)[C@@H](O)[C@H](O)[C@H](O)CO.